The minimum absolute atomic E-state index is 0.0996. The monoisotopic (exact) mass is 375 g/mol. The number of carbonyl (C=O) groups is 1. The molecule has 0 unspecified atom stereocenters. The maximum Gasteiger partial charge on any atom is 0.245 e. The largest absolute Gasteiger partial charge is 0.486 e. The van der Waals surface area contributed by atoms with Crippen molar-refractivity contribution >= 4 is 49.9 Å². The van der Waals surface area contributed by atoms with Crippen molar-refractivity contribution in [1.29, 1.82) is 0 Å². The molecule has 2 aromatic carbocycles. The molecule has 1 aliphatic rings. The molecular weight excluding hydrogens is 362 g/mol. The van der Waals surface area contributed by atoms with Gasteiger partial charge in [0.2, 0.25) is 5.91 Å². The van der Waals surface area contributed by atoms with Gasteiger partial charge in [0.15, 0.2) is 16.6 Å². The van der Waals surface area contributed by atoms with E-state index in [1.807, 2.05) is 30.3 Å². The number of aromatic nitrogens is 1. The predicted molar refractivity (Wildman–Crippen MR) is 99.2 cm³/mol. The number of benzene rings is 2. The molecule has 0 spiro atoms. The summed E-state index contributed by atoms with van der Waals surface area (Å²) in [6, 6.07) is 11.0. The lowest BCUT2D eigenvalue weighted by molar-refractivity contribution is -0.114. The molecule has 128 valence electrons. The third kappa shape index (κ3) is 3.47. The van der Waals surface area contributed by atoms with Crippen LogP contribution in [0.4, 0.5) is 10.8 Å². The molecule has 0 saturated carbocycles. The number of thiazole rings is 1. The van der Waals surface area contributed by atoms with E-state index in [1.54, 1.807) is 6.07 Å². The summed E-state index contributed by atoms with van der Waals surface area (Å²) in [6.45, 7) is 1.16. The van der Waals surface area contributed by atoms with Crippen LogP contribution in [0.5, 0.6) is 11.5 Å². The maximum atomic E-state index is 12.1. The van der Waals surface area contributed by atoms with Crippen LogP contribution in [0.2, 0.25) is 5.02 Å². The third-order valence-corrected chi connectivity index (χ3v) is 4.88. The van der Waals surface area contributed by atoms with E-state index in [1.165, 1.54) is 11.3 Å². The molecule has 0 radical (unpaired) electrons. The number of hydrogen-bond donors (Lipinski definition) is 2. The molecule has 6 nitrogen and oxygen atoms in total. The van der Waals surface area contributed by atoms with Crippen LogP contribution in [0.15, 0.2) is 36.4 Å². The molecule has 1 amide bonds. The van der Waals surface area contributed by atoms with Gasteiger partial charge in [-0.15, -0.1) is 0 Å². The van der Waals surface area contributed by atoms with Crippen LogP contribution in [0.1, 0.15) is 0 Å². The van der Waals surface area contributed by atoms with Crippen LogP contribution in [0.3, 0.4) is 0 Å². The Kier molecular flexibility index (Phi) is 4.33. The second kappa shape index (κ2) is 6.78. The van der Waals surface area contributed by atoms with Gasteiger partial charge in [0, 0.05) is 12.1 Å². The fourth-order valence-electron chi connectivity index (χ4n) is 2.46. The number of para-hydroxylation sites is 1. The van der Waals surface area contributed by atoms with Gasteiger partial charge >= 0.3 is 0 Å². The summed E-state index contributed by atoms with van der Waals surface area (Å²) in [5.74, 6) is 1.19. The summed E-state index contributed by atoms with van der Waals surface area (Å²) >= 11 is 7.45. The zero-order chi connectivity index (χ0) is 17.2. The van der Waals surface area contributed by atoms with Crippen molar-refractivity contribution in [3.63, 3.8) is 0 Å². The number of hydrogen-bond acceptors (Lipinski definition) is 6. The normalized spacial score (nSPS) is 12.8. The lowest BCUT2D eigenvalue weighted by atomic mass is 10.3. The Labute approximate surface area is 152 Å². The Hall–Kier alpha value is -2.51. The van der Waals surface area contributed by atoms with E-state index in [4.69, 9.17) is 21.1 Å². The van der Waals surface area contributed by atoms with E-state index in [-0.39, 0.29) is 12.5 Å². The third-order valence-electron chi connectivity index (χ3n) is 3.61. The second-order valence-electron chi connectivity index (χ2n) is 5.36. The number of anilines is 2. The standard InChI is InChI=1S/C17H14ClN3O3S/c18-10-3-1-2-4-11(10)19-9-16(22)21-17-20-12-7-13-14(8-15(12)25-17)24-6-5-23-13/h1-4,7-8,19H,5-6,9H2,(H,20,21,22). The number of ether oxygens (including phenoxy) is 2. The molecule has 2 N–H and O–H groups in total. The minimum Gasteiger partial charge on any atom is -0.486 e. The molecule has 0 aliphatic carbocycles. The highest BCUT2D eigenvalue weighted by molar-refractivity contribution is 7.22. The fourth-order valence-corrected chi connectivity index (χ4v) is 3.56. The number of halogens is 1. The lowest BCUT2D eigenvalue weighted by Crippen LogP contribution is -2.21. The van der Waals surface area contributed by atoms with Gasteiger partial charge in [-0.2, -0.15) is 0 Å². The zero-order valence-corrected chi connectivity index (χ0v) is 14.6. The van der Waals surface area contributed by atoms with Crippen LogP contribution in [-0.4, -0.2) is 30.6 Å². The molecule has 4 rings (SSSR count). The molecule has 3 aromatic rings. The molecule has 0 fully saturated rings. The Morgan fingerprint density at radius 2 is 1.96 bits per heavy atom. The van der Waals surface area contributed by atoms with Crippen molar-refractivity contribution < 1.29 is 14.3 Å². The summed E-state index contributed by atoms with van der Waals surface area (Å²) in [6.07, 6.45) is 0. The van der Waals surface area contributed by atoms with Crippen LogP contribution < -0.4 is 20.1 Å². The minimum atomic E-state index is -0.198. The summed E-state index contributed by atoms with van der Waals surface area (Å²) in [5, 5.41) is 6.90. The number of nitrogens with zero attached hydrogens (tertiary/aromatic N) is 1. The summed E-state index contributed by atoms with van der Waals surface area (Å²) in [7, 11) is 0. The molecule has 25 heavy (non-hydrogen) atoms. The SMILES string of the molecule is O=C(CNc1ccccc1Cl)Nc1nc2cc3c(cc2s1)OCCO3. The van der Waals surface area contributed by atoms with Crippen molar-refractivity contribution in [2.24, 2.45) is 0 Å². The van der Waals surface area contributed by atoms with E-state index in [2.05, 4.69) is 15.6 Å². The first kappa shape index (κ1) is 16.0. The molecule has 0 atom stereocenters. The Morgan fingerprint density at radius 1 is 1.20 bits per heavy atom. The first-order valence-electron chi connectivity index (χ1n) is 7.67. The number of amides is 1. The molecule has 0 saturated heterocycles. The molecule has 1 aliphatic heterocycles. The van der Waals surface area contributed by atoms with Crippen LogP contribution in [-0.2, 0) is 4.79 Å². The average Bonchev–Trinajstić information content (AvgIpc) is 2.99. The predicted octanol–water partition coefficient (Wildman–Crippen LogP) is 3.77. The van der Waals surface area contributed by atoms with Crippen LogP contribution in [0.25, 0.3) is 10.2 Å². The topological polar surface area (TPSA) is 72.5 Å². The van der Waals surface area contributed by atoms with Gasteiger partial charge in [0.25, 0.3) is 0 Å². The van der Waals surface area contributed by atoms with Gasteiger partial charge < -0.3 is 20.1 Å². The lowest BCUT2D eigenvalue weighted by Gasteiger charge is -2.17. The van der Waals surface area contributed by atoms with E-state index in [0.717, 1.165) is 10.2 Å². The van der Waals surface area contributed by atoms with Crippen molar-refractivity contribution in [3.8, 4) is 11.5 Å². The highest BCUT2D eigenvalue weighted by Crippen LogP contribution is 2.37. The van der Waals surface area contributed by atoms with Crippen LogP contribution in [0, 0.1) is 0 Å². The molecular formula is C17H14ClN3O3S. The van der Waals surface area contributed by atoms with Gasteiger partial charge in [0.05, 0.1) is 27.5 Å². The number of rotatable bonds is 4. The number of nitrogens with one attached hydrogen (secondary N) is 2. The van der Waals surface area contributed by atoms with Crippen molar-refractivity contribution in [2.75, 3.05) is 30.4 Å². The van der Waals surface area contributed by atoms with E-state index in [0.29, 0.717) is 40.6 Å². The molecule has 8 heteroatoms. The van der Waals surface area contributed by atoms with Gasteiger partial charge in [-0.3, -0.25) is 4.79 Å². The molecule has 1 aromatic heterocycles. The van der Waals surface area contributed by atoms with Crippen molar-refractivity contribution in [2.45, 2.75) is 0 Å². The first-order chi connectivity index (χ1) is 12.2. The van der Waals surface area contributed by atoms with Gasteiger partial charge in [-0.1, -0.05) is 35.1 Å². The Bertz CT molecular complexity index is 901. The van der Waals surface area contributed by atoms with Crippen LogP contribution >= 0.6 is 22.9 Å². The van der Waals surface area contributed by atoms with E-state index >= 15 is 0 Å². The zero-order valence-electron chi connectivity index (χ0n) is 13.0. The van der Waals surface area contributed by atoms with Gasteiger partial charge in [-0.25, -0.2) is 4.98 Å². The average molecular weight is 376 g/mol. The van der Waals surface area contributed by atoms with Crippen molar-refractivity contribution in [1.82, 2.24) is 4.98 Å². The molecule has 2 heterocycles. The highest BCUT2D eigenvalue weighted by Gasteiger charge is 2.16. The quantitative estimate of drug-likeness (QED) is 0.726. The first-order valence-corrected chi connectivity index (χ1v) is 8.87. The Morgan fingerprint density at radius 3 is 2.76 bits per heavy atom. The highest BCUT2D eigenvalue weighted by atomic mass is 35.5. The van der Waals surface area contributed by atoms with Gasteiger partial charge in [0.1, 0.15) is 13.2 Å². The maximum absolute atomic E-state index is 12.1. The Balaban J connectivity index is 1.45. The van der Waals surface area contributed by atoms with Gasteiger partial charge in [-0.05, 0) is 12.1 Å². The molecule has 0 bridgehead atoms. The summed E-state index contributed by atoms with van der Waals surface area (Å²) < 4.78 is 12.0. The fraction of sp³-hybridized carbons (Fsp3) is 0.176. The van der Waals surface area contributed by atoms with E-state index < -0.39 is 0 Å². The van der Waals surface area contributed by atoms with Crippen molar-refractivity contribution in [3.05, 3.63) is 41.4 Å². The van der Waals surface area contributed by atoms with E-state index in [9.17, 15) is 4.79 Å². The summed E-state index contributed by atoms with van der Waals surface area (Å²) in [4.78, 5) is 16.6. The second-order valence-corrected chi connectivity index (χ2v) is 6.80. The summed E-state index contributed by atoms with van der Waals surface area (Å²) in [5.41, 5.74) is 1.48. The smallest absolute Gasteiger partial charge is 0.245 e. The number of carbonyl (C=O) groups excluding carboxylic acids is 1. The number of fused-ring (bicyclic) bond motifs is 2.